The van der Waals surface area contributed by atoms with Crippen molar-refractivity contribution in [2.24, 2.45) is 0 Å². The first kappa shape index (κ1) is 17.2. The fraction of sp³-hybridized carbons (Fsp3) is 0.214. The molecule has 0 bridgehead atoms. The zero-order valence-electron chi connectivity index (χ0n) is 12.2. The number of ketones is 1. The van der Waals surface area contributed by atoms with Gasteiger partial charge in [0, 0.05) is 17.3 Å². The molecule has 24 heavy (non-hydrogen) atoms. The van der Waals surface area contributed by atoms with Gasteiger partial charge in [-0.25, -0.2) is 4.98 Å². The normalized spacial score (nSPS) is 12.2. The van der Waals surface area contributed by atoms with Crippen LogP contribution in [0.1, 0.15) is 16.6 Å². The molecule has 3 aromatic rings. The number of halogens is 2. The highest BCUT2D eigenvalue weighted by molar-refractivity contribution is 7.99. The molecule has 0 radical (unpaired) electrons. The van der Waals surface area contributed by atoms with Crippen molar-refractivity contribution in [1.29, 1.82) is 5.26 Å². The van der Waals surface area contributed by atoms with Crippen LogP contribution in [0.25, 0.3) is 5.65 Å². The lowest BCUT2D eigenvalue weighted by atomic mass is 10.1. The summed E-state index contributed by atoms with van der Waals surface area (Å²) in [6.07, 6.45) is 1.63. The van der Waals surface area contributed by atoms with Crippen molar-refractivity contribution in [3.05, 3.63) is 38.4 Å². The van der Waals surface area contributed by atoms with E-state index in [-0.39, 0.29) is 11.5 Å². The summed E-state index contributed by atoms with van der Waals surface area (Å²) in [6, 6.07) is 3.59. The van der Waals surface area contributed by atoms with Crippen molar-refractivity contribution in [2.45, 2.75) is 18.0 Å². The second-order valence-electron chi connectivity index (χ2n) is 4.83. The molecule has 3 heterocycles. The van der Waals surface area contributed by atoms with E-state index in [2.05, 4.69) is 15.2 Å². The van der Waals surface area contributed by atoms with E-state index in [0.717, 1.165) is 5.69 Å². The van der Waals surface area contributed by atoms with Gasteiger partial charge in [-0.1, -0.05) is 35.0 Å². The SMILES string of the molecule is Cc1csc([C@@H](C#N)C(=O)CSc2nnc3c(Cl)cc(Cl)cn23)n1. The molecule has 3 aromatic heterocycles. The maximum absolute atomic E-state index is 12.4. The summed E-state index contributed by atoms with van der Waals surface area (Å²) in [5.74, 6) is -1.04. The van der Waals surface area contributed by atoms with Crippen molar-refractivity contribution in [2.75, 3.05) is 5.75 Å². The predicted molar refractivity (Wildman–Crippen MR) is 93.9 cm³/mol. The molecule has 0 saturated heterocycles. The molecule has 3 rings (SSSR count). The van der Waals surface area contributed by atoms with E-state index in [1.54, 1.807) is 16.7 Å². The second-order valence-corrected chi connectivity index (χ2v) is 7.50. The molecule has 0 aliphatic heterocycles. The number of thioether (sulfide) groups is 1. The van der Waals surface area contributed by atoms with Crippen molar-refractivity contribution in [3.8, 4) is 6.07 Å². The maximum Gasteiger partial charge on any atom is 0.196 e. The van der Waals surface area contributed by atoms with Crippen molar-refractivity contribution >= 4 is 57.7 Å². The number of rotatable bonds is 5. The van der Waals surface area contributed by atoms with Crippen LogP contribution in [0, 0.1) is 18.3 Å². The smallest absolute Gasteiger partial charge is 0.196 e. The van der Waals surface area contributed by atoms with Gasteiger partial charge in [0.1, 0.15) is 5.01 Å². The van der Waals surface area contributed by atoms with Gasteiger partial charge < -0.3 is 0 Å². The van der Waals surface area contributed by atoms with E-state index >= 15 is 0 Å². The molecular formula is C14H9Cl2N5OS2. The van der Waals surface area contributed by atoms with Crippen LogP contribution in [-0.4, -0.2) is 31.1 Å². The van der Waals surface area contributed by atoms with E-state index in [1.165, 1.54) is 23.1 Å². The van der Waals surface area contributed by atoms with Gasteiger partial charge in [0.05, 0.1) is 21.9 Å². The number of nitriles is 1. The lowest BCUT2D eigenvalue weighted by molar-refractivity contribution is -0.116. The zero-order valence-corrected chi connectivity index (χ0v) is 15.4. The Morgan fingerprint density at radius 2 is 2.29 bits per heavy atom. The molecule has 0 saturated carbocycles. The first-order valence-electron chi connectivity index (χ1n) is 6.66. The standard InChI is InChI=1S/C14H9Cl2N5OS2/c1-7-5-23-13(18-7)9(3-17)11(22)6-24-14-20-19-12-10(16)2-8(15)4-21(12)14/h2,4-5,9H,6H2,1H3/t9-/m0/s1. The molecule has 10 heteroatoms. The molecule has 0 amide bonds. The van der Waals surface area contributed by atoms with Crippen LogP contribution in [0.15, 0.2) is 22.8 Å². The van der Waals surface area contributed by atoms with Crippen LogP contribution in [0.2, 0.25) is 10.0 Å². The molecule has 0 fully saturated rings. The van der Waals surface area contributed by atoms with E-state index in [9.17, 15) is 10.1 Å². The number of pyridine rings is 1. The molecule has 6 nitrogen and oxygen atoms in total. The highest BCUT2D eigenvalue weighted by Crippen LogP contribution is 2.27. The van der Waals surface area contributed by atoms with Crippen LogP contribution in [-0.2, 0) is 4.79 Å². The highest BCUT2D eigenvalue weighted by atomic mass is 35.5. The quantitative estimate of drug-likeness (QED) is 0.609. The van der Waals surface area contributed by atoms with Gasteiger partial charge in [-0.05, 0) is 13.0 Å². The minimum Gasteiger partial charge on any atom is -0.297 e. The number of thiazole rings is 1. The average Bonchev–Trinajstić information content (AvgIpc) is 3.13. The van der Waals surface area contributed by atoms with Crippen LogP contribution in [0.4, 0.5) is 0 Å². The number of hydrogen-bond acceptors (Lipinski definition) is 7. The maximum atomic E-state index is 12.4. The Morgan fingerprint density at radius 3 is 2.96 bits per heavy atom. The molecule has 0 unspecified atom stereocenters. The van der Waals surface area contributed by atoms with E-state index in [4.69, 9.17) is 23.2 Å². The first-order chi connectivity index (χ1) is 11.5. The third kappa shape index (κ3) is 3.39. The molecular weight excluding hydrogens is 389 g/mol. The third-order valence-electron chi connectivity index (χ3n) is 3.07. The Labute approximate surface area is 155 Å². The summed E-state index contributed by atoms with van der Waals surface area (Å²) in [4.78, 5) is 16.6. The minimum atomic E-state index is -0.873. The molecule has 0 aliphatic rings. The van der Waals surface area contributed by atoms with Crippen LogP contribution in [0.5, 0.6) is 0 Å². The molecule has 0 aliphatic carbocycles. The highest BCUT2D eigenvalue weighted by Gasteiger charge is 2.24. The summed E-state index contributed by atoms with van der Waals surface area (Å²) in [7, 11) is 0. The van der Waals surface area contributed by atoms with Gasteiger partial charge >= 0.3 is 0 Å². The Morgan fingerprint density at radius 1 is 1.50 bits per heavy atom. The number of aromatic nitrogens is 4. The molecule has 1 atom stereocenters. The van der Waals surface area contributed by atoms with Gasteiger partial charge in [0.2, 0.25) is 0 Å². The number of hydrogen-bond donors (Lipinski definition) is 0. The average molecular weight is 398 g/mol. The van der Waals surface area contributed by atoms with Crippen molar-refractivity contribution in [1.82, 2.24) is 19.6 Å². The summed E-state index contributed by atoms with van der Waals surface area (Å²) < 4.78 is 1.62. The van der Waals surface area contributed by atoms with Gasteiger partial charge in [0.15, 0.2) is 22.5 Å². The number of aryl methyl sites for hydroxylation is 1. The minimum absolute atomic E-state index is 0.0712. The van der Waals surface area contributed by atoms with E-state index in [1.807, 2.05) is 18.4 Å². The fourth-order valence-corrected chi connectivity index (χ4v) is 4.17. The van der Waals surface area contributed by atoms with E-state index < -0.39 is 5.92 Å². The number of nitrogens with zero attached hydrogens (tertiary/aromatic N) is 5. The van der Waals surface area contributed by atoms with Gasteiger partial charge in [-0.2, -0.15) is 5.26 Å². The Hall–Kier alpha value is -1.66. The summed E-state index contributed by atoms with van der Waals surface area (Å²) in [5.41, 5.74) is 1.26. The van der Waals surface area contributed by atoms with Crippen LogP contribution >= 0.6 is 46.3 Å². The summed E-state index contributed by atoms with van der Waals surface area (Å²) in [5, 5.41) is 20.9. The Kier molecular flexibility index (Phi) is 5.06. The lowest BCUT2D eigenvalue weighted by Crippen LogP contribution is -2.13. The van der Waals surface area contributed by atoms with Gasteiger partial charge in [0.25, 0.3) is 0 Å². The van der Waals surface area contributed by atoms with Crippen molar-refractivity contribution in [3.63, 3.8) is 0 Å². The number of carbonyl (C=O) groups excluding carboxylic acids is 1. The monoisotopic (exact) mass is 397 g/mol. The molecule has 0 N–H and O–H groups in total. The Balaban J connectivity index is 1.78. The summed E-state index contributed by atoms with van der Waals surface area (Å²) >= 11 is 14.5. The second kappa shape index (κ2) is 7.07. The molecule has 122 valence electrons. The molecule has 0 spiro atoms. The zero-order chi connectivity index (χ0) is 17.3. The van der Waals surface area contributed by atoms with Crippen LogP contribution in [0.3, 0.4) is 0 Å². The predicted octanol–water partition coefficient (Wildman–Crippen LogP) is 3.77. The topological polar surface area (TPSA) is 83.9 Å². The fourth-order valence-electron chi connectivity index (χ4n) is 1.99. The van der Waals surface area contributed by atoms with Gasteiger partial charge in [-0.3, -0.25) is 9.20 Å². The summed E-state index contributed by atoms with van der Waals surface area (Å²) in [6.45, 7) is 1.82. The molecule has 0 aromatic carbocycles. The lowest BCUT2D eigenvalue weighted by Gasteiger charge is -2.04. The van der Waals surface area contributed by atoms with E-state index in [0.29, 0.717) is 25.9 Å². The third-order valence-corrected chi connectivity index (χ3v) is 5.55. The number of Topliss-reactive ketones (excluding diaryl/α,β-unsaturated/α-hetero) is 1. The largest absolute Gasteiger partial charge is 0.297 e. The Bertz CT molecular complexity index is 962. The number of fused-ring (bicyclic) bond motifs is 1. The van der Waals surface area contributed by atoms with Crippen LogP contribution < -0.4 is 0 Å². The van der Waals surface area contributed by atoms with Crippen molar-refractivity contribution < 1.29 is 4.79 Å². The number of carbonyl (C=O) groups is 1. The first-order valence-corrected chi connectivity index (χ1v) is 9.28. The van der Waals surface area contributed by atoms with Gasteiger partial charge in [-0.15, -0.1) is 21.5 Å².